The van der Waals surface area contributed by atoms with Crippen LogP contribution in [0.25, 0.3) is 0 Å². The van der Waals surface area contributed by atoms with E-state index in [9.17, 15) is 9.59 Å². The lowest BCUT2D eigenvalue weighted by atomic mass is 10.2. The van der Waals surface area contributed by atoms with Gasteiger partial charge in [-0.3, -0.25) is 9.88 Å². The fourth-order valence-electron chi connectivity index (χ4n) is 2.00. The van der Waals surface area contributed by atoms with Crippen LogP contribution in [0.3, 0.4) is 0 Å². The van der Waals surface area contributed by atoms with Gasteiger partial charge in [-0.1, -0.05) is 6.07 Å². The number of hydrogen-bond acceptors (Lipinski definition) is 5. The molecule has 1 fully saturated rings. The molecular formula is C16H24N2O4. The fourth-order valence-corrected chi connectivity index (χ4v) is 2.00. The van der Waals surface area contributed by atoms with Crippen molar-refractivity contribution in [3.63, 3.8) is 0 Å². The van der Waals surface area contributed by atoms with Gasteiger partial charge >= 0.3 is 12.1 Å². The summed E-state index contributed by atoms with van der Waals surface area (Å²) in [6.45, 7) is 5.95. The van der Waals surface area contributed by atoms with Gasteiger partial charge in [0, 0.05) is 18.9 Å². The van der Waals surface area contributed by atoms with Gasteiger partial charge < -0.3 is 9.47 Å². The van der Waals surface area contributed by atoms with Gasteiger partial charge in [0.2, 0.25) is 0 Å². The number of hydrogen-bond donors (Lipinski definition) is 0. The lowest BCUT2D eigenvalue weighted by Gasteiger charge is -2.27. The molecule has 1 amide bonds. The second kappa shape index (κ2) is 8.36. The molecule has 0 saturated carbocycles. The van der Waals surface area contributed by atoms with E-state index in [2.05, 4.69) is 9.72 Å². The van der Waals surface area contributed by atoms with E-state index in [1.807, 2.05) is 18.2 Å². The monoisotopic (exact) mass is 308 g/mol. The van der Waals surface area contributed by atoms with E-state index in [1.165, 1.54) is 12.0 Å². The SMILES string of the molecule is COC(=O)[C@@H]1CCCN1C(=O)OC(C)(C)C.c1ccncc1. The summed E-state index contributed by atoms with van der Waals surface area (Å²) in [6.07, 6.45) is 4.51. The number of amides is 1. The van der Waals surface area contributed by atoms with E-state index in [-0.39, 0.29) is 5.97 Å². The Kier molecular flexibility index (Phi) is 6.82. The Morgan fingerprint density at radius 2 is 1.82 bits per heavy atom. The van der Waals surface area contributed by atoms with Gasteiger partial charge in [-0.15, -0.1) is 0 Å². The zero-order valence-electron chi connectivity index (χ0n) is 13.6. The molecule has 0 unspecified atom stereocenters. The van der Waals surface area contributed by atoms with Gasteiger partial charge in [-0.05, 0) is 45.7 Å². The van der Waals surface area contributed by atoms with Crippen LogP contribution in [0.15, 0.2) is 30.6 Å². The third kappa shape index (κ3) is 6.11. The molecule has 1 aromatic rings. The number of pyridine rings is 1. The second-order valence-corrected chi connectivity index (χ2v) is 5.88. The minimum atomic E-state index is -0.541. The zero-order valence-corrected chi connectivity index (χ0v) is 13.6. The Bertz CT molecular complexity index is 444. The van der Waals surface area contributed by atoms with Crippen molar-refractivity contribution in [2.24, 2.45) is 0 Å². The van der Waals surface area contributed by atoms with E-state index in [0.717, 1.165) is 6.42 Å². The van der Waals surface area contributed by atoms with Crippen molar-refractivity contribution in [2.45, 2.75) is 45.3 Å². The molecule has 1 saturated heterocycles. The molecule has 0 aromatic carbocycles. The molecule has 6 heteroatoms. The first-order valence-corrected chi connectivity index (χ1v) is 7.27. The largest absolute Gasteiger partial charge is 0.467 e. The molecule has 2 heterocycles. The minimum absolute atomic E-state index is 0.372. The van der Waals surface area contributed by atoms with Crippen molar-refractivity contribution < 1.29 is 19.1 Å². The van der Waals surface area contributed by atoms with Gasteiger partial charge in [-0.2, -0.15) is 0 Å². The Labute approximate surface area is 131 Å². The Balaban J connectivity index is 0.000000335. The first-order chi connectivity index (χ1) is 10.3. The molecular weight excluding hydrogens is 284 g/mol. The van der Waals surface area contributed by atoms with E-state index in [1.54, 1.807) is 33.2 Å². The number of likely N-dealkylation sites (tertiary alicyclic amines) is 1. The number of rotatable bonds is 1. The summed E-state index contributed by atoms with van der Waals surface area (Å²) in [4.78, 5) is 28.4. The van der Waals surface area contributed by atoms with Crippen LogP contribution in [0, 0.1) is 0 Å². The number of nitrogens with zero attached hydrogens (tertiary/aromatic N) is 2. The third-order valence-corrected chi connectivity index (χ3v) is 2.92. The minimum Gasteiger partial charge on any atom is -0.467 e. The van der Waals surface area contributed by atoms with E-state index < -0.39 is 17.7 Å². The molecule has 122 valence electrons. The number of ether oxygens (including phenoxy) is 2. The maximum absolute atomic E-state index is 11.8. The number of carbonyl (C=O) groups is 2. The van der Waals surface area contributed by atoms with Gasteiger partial charge in [0.25, 0.3) is 0 Å². The topological polar surface area (TPSA) is 68.7 Å². The predicted octanol–water partition coefficient (Wildman–Crippen LogP) is 2.64. The molecule has 0 aliphatic carbocycles. The van der Waals surface area contributed by atoms with E-state index in [4.69, 9.17) is 4.74 Å². The highest BCUT2D eigenvalue weighted by Gasteiger charge is 2.37. The number of carbonyl (C=O) groups excluding carboxylic acids is 2. The van der Waals surface area contributed by atoms with Crippen molar-refractivity contribution >= 4 is 12.1 Å². The average Bonchev–Trinajstić information content (AvgIpc) is 2.97. The van der Waals surface area contributed by atoms with Crippen LogP contribution in [-0.2, 0) is 14.3 Å². The Morgan fingerprint density at radius 3 is 2.23 bits per heavy atom. The van der Waals surface area contributed by atoms with E-state index >= 15 is 0 Å². The average molecular weight is 308 g/mol. The van der Waals surface area contributed by atoms with Crippen LogP contribution in [0.2, 0.25) is 0 Å². The van der Waals surface area contributed by atoms with Gasteiger partial charge in [-0.25, -0.2) is 9.59 Å². The standard InChI is InChI=1S/C11H19NO4.C5H5N/c1-11(2,3)16-10(14)12-7-5-6-8(12)9(13)15-4;1-2-4-6-5-3-1/h8H,5-7H2,1-4H3;1-5H/t8-;/m0./s1. The van der Waals surface area contributed by atoms with Crippen LogP contribution >= 0.6 is 0 Å². The van der Waals surface area contributed by atoms with Crippen molar-refractivity contribution in [3.8, 4) is 0 Å². The zero-order chi connectivity index (χ0) is 16.6. The molecule has 0 radical (unpaired) electrons. The first-order valence-electron chi connectivity index (χ1n) is 7.27. The highest BCUT2D eigenvalue weighted by molar-refractivity contribution is 5.82. The Hall–Kier alpha value is -2.11. The highest BCUT2D eigenvalue weighted by Crippen LogP contribution is 2.21. The van der Waals surface area contributed by atoms with Crippen LogP contribution in [0.4, 0.5) is 4.79 Å². The fraction of sp³-hybridized carbons (Fsp3) is 0.562. The summed E-state index contributed by atoms with van der Waals surface area (Å²) in [5, 5.41) is 0. The second-order valence-electron chi connectivity index (χ2n) is 5.88. The summed E-state index contributed by atoms with van der Waals surface area (Å²) in [6, 6.07) is 5.23. The summed E-state index contributed by atoms with van der Waals surface area (Å²) < 4.78 is 9.88. The maximum atomic E-state index is 11.8. The summed E-state index contributed by atoms with van der Waals surface area (Å²) >= 11 is 0. The Morgan fingerprint density at radius 1 is 1.18 bits per heavy atom. The summed E-state index contributed by atoms with van der Waals surface area (Å²) in [5.41, 5.74) is -0.541. The van der Waals surface area contributed by atoms with Crippen LogP contribution in [0.5, 0.6) is 0 Å². The third-order valence-electron chi connectivity index (χ3n) is 2.92. The van der Waals surface area contributed by atoms with Crippen LogP contribution in [-0.4, -0.2) is 47.2 Å². The number of esters is 1. The van der Waals surface area contributed by atoms with Gasteiger partial charge in [0.1, 0.15) is 11.6 Å². The molecule has 1 atom stereocenters. The van der Waals surface area contributed by atoms with Crippen LogP contribution in [0.1, 0.15) is 33.6 Å². The summed E-state index contributed by atoms with van der Waals surface area (Å²) in [5.74, 6) is -0.372. The molecule has 0 spiro atoms. The number of aromatic nitrogens is 1. The van der Waals surface area contributed by atoms with E-state index in [0.29, 0.717) is 13.0 Å². The smallest absolute Gasteiger partial charge is 0.411 e. The van der Waals surface area contributed by atoms with Crippen molar-refractivity contribution in [2.75, 3.05) is 13.7 Å². The molecule has 2 rings (SSSR count). The quantitative estimate of drug-likeness (QED) is 0.746. The lowest BCUT2D eigenvalue weighted by molar-refractivity contribution is -0.145. The van der Waals surface area contributed by atoms with Crippen molar-refractivity contribution in [1.82, 2.24) is 9.88 Å². The van der Waals surface area contributed by atoms with Gasteiger partial charge in [0.15, 0.2) is 0 Å². The molecule has 6 nitrogen and oxygen atoms in total. The maximum Gasteiger partial charge on any atom is 0.411 e. The molecule has 1 aromatic heterocycles. The number of methoxy groups -OCH3 is 1. The molecule has 22 heavy (non-hydrogen) atoms. The van der Waals surface area contributed by atoms with Crippen LogP contribution < -0.4 is 0 Å². The highest BCUT2D eigenvalue weighted by atomic mass is 16.6. The van der Waals surface area contributed by atoms with Gasteiger partial charge in [0.05, 0.1) is 7.11 Å². The summed E-state index contributed by atoms with van der Waals surface area (Å²) in [7, 11) is 1.33. The molecule has 1 aliphatic rings. The molecule has 0 bridgehead atoms. The molecule has 0 N–H and O–H groups in total. The normalized spacial score (nSPS) is 17.3. The molecule has 1 aliphatic heterocycles. The van der Waals surface area contributed by atoms with Crippen molar-refractivity contribution in [1.29, 1.82) is 0 Å². The predicted molar refractivity (Wildman–Crippen MR) is 82.2 cm³/mol. The van der Waals surface area contributed by atoms with Crippen molar-refractivity contribution in [3.05, 3.63) is 30.6 Å². The first kappa shape index (κ1) is 17.9. The lowest BCUT2D eigenvalue weighted by Crippen LogP contribution is -2.43.